The van der Waals surface area contributed by atoms with Crippen LogP contribution in [0.3, 0.4) is 0 Å². The lowest BCUT2D eigenvalue weighted by molar-refractivity contribution is 0.110. The van der Waals surface area contributed by atoms with E-state index in [4.69, 9.17) is 4.74 Å². The van der Waals surface area contributed by atoms with Gasteiger partial charge in [-0.3, -0.25) is 4.79 Å². The summed E-state index contributed by atoms with van der Waals surface area (Å²) >= 11 is 0. The molecular formula is C12H17N3O2. The molecule has 3 rings (SSSR count). The van der Waals surface area contributed by atoms with Gasteiger partial charge in [-0.05, 0) is 25.7 Å². The molecule has 1 aromatic rings. The first-order valence-electron chi connectivity index (χ1n) is 6.30. The van der Waals surface area contributed by atoms with E-state index in [0.29, 0.717) is 6.42 Å². The third-order valence-electron chi connectivity index (χ3n) is 3.41. The molecule has 2 aliphatic rings. The van der Waals surface area contributed by atoms with Crippen LogP contribution in [0.15, 0.2) is 4.79 Å². The van der Waals surface area contributed by atoms with Crippen molar-refractivity contribution in [3.8, 4) is 0 Å². The van der Waals surface area contributed by atoms with E-state index >= 15 is 0 Å². The van der Waals surface area contributed by atoms with Gasteiger partial charge in [0.15, 0.2) is 0 Å². The van der Waals surface area contributed by atoms with E-state index in [0.717, 1.165) is 56.0 Å². The minimum atomic E-state index is 0.00944. The fourth-order valence-corrected chi connectivity index (χ4v) is 2.51. The third-order valence-corrected chi connectivity index (χ3v) is 3.41. The van der Waals surface area contributed by atoms with Crippen molar-refractivity contribution in [1.29, 1.82) is 0 Å². The lowest BCUT2D eigenvalue weighted by Crippen LogP contribution is -2.26. The molecule has 1 aromatic heterocycles. The van der Waals surface area contributed by atoms with Gasteiger partial charge in [0.2, 0.25) is 0 Å². The van der Waals surface area contributed by atoms with Crippen LogP contribution in [0.5, 0.6) is 0 Å². The highest BCUT2D eigenvalue weighted by Gasteiger charge is 2.20. The molecule has 1 fully saturated rings. The Morgan fingerprint density at radius 3 is 3.18 bits per heavy atom. The topological polar surface area (TPSA) is 67.0 Å². The highest BCUT2D eigenvalue weighted by Crippen LogP contribution is 2.18. The largest absolute Gasteiger partial charge is 0.378 e. The van der Waals surface area contributed by atoms with Crippen LogP contribution in [0, 0.1) is 0 Å². The summed E-state index contributed by atoms with van der Waals surface area (Å²) in [4.78, 5) is 19.2. The average Bonchev–Trinajstić information content (AvgIpc) is 2.82. The van der Waals surface area contributed by atoms with E-state index < -0.39 is 0 Å². The molecular weight excluding hydrogens is 218 g/mol. The van der Waals surface area contributed by atoms with Crippen LogP contribution in [-0.2, 0) is 17.6 Å². The number of ether oxygens (including phenoxy) is 1. The van der Waals surface area contributed by atoms with Crippen LogP contribution in [-0.4, -0.2) is 29.2 Å². The number of H-pyrrole nitrogens is 1. The summed E-state index contributed by atoms with van der Waals surface area (Å²) in [5.41, 5.74) is 0.808. The Morgan fingerprint density at radius 1 is 1.41 bits per heavy atom. The number of aromatic nitrogens is 2. The van der Waals surface area contributed by atoms with Gasteiger partial charge in [-0.2, -0.15) is 0 Å². The predicted molar refractivity (Wildman–Crippen MR) is 64.3 cm³/mol. The number of nitrogens with one attached hydrogen (secondary N) is 2. The second-order valence-electron chi connectivity index (χ2n) is 4.71. The van der Waals surface area contributed by atoms with Gasteiger partial charge in [0.25, 0.3) is 5.56 Å². The van der Waals surface area contributed by atoms with Gasteiger partial charge in [-0.1, -0.05) is 0 Å². The van der Waals surface area contributed by atoms with E-state index in [1.165, 1.54) is 0 Å². The highest BCUT2D eigenvalue weighted by molar-refractivity contribution is 5.45. The van der Waals surface area contributed by atoms with Gasteiger partial charge in [0.1, 0.15) is 11.6 Å². The average molecular weight is 235 g/mol. The summed E-state index contributed by atoms with van der Waals surface area (Å²) in [6.07, 6.45) is 4.93. The van der Waals surface area contributed by atoms with Crippen molar-refractivity contribution in [3.05, 3.63) is 21.7 Å². The molecule has 0 aromatic carbocycles. The van der Waals surface area contributed by atoms with E-state index in [1.54, 1.807) is 0 Å². The Balaban J connectivity index is 1.85. The molecule has 1 atom stereocenters. The zero-order valence-electron chi connectivity index (χ0n) is 9.79. The Morgan fingerprint density at radius 2 is 2.35 bits per heavy atom. The van der Waals surface area contributed by atoms with Crippen molar-refractivity contribution in [1.82, 2.24) is 9.97 Å². The number of fused-ring (bicyclic) bond motifs is 1. The summed E-state index contributed by atoms with van der Waals surface area (Å²) in [6.45, 7) is 1.74. The van der Waals surface area contributed by atoms with Crippen LogP contribution in [0.2, 0.25) is 0 Å². The molecule has 5 nitrogen and oxygen atoms in total. The zero-order chi connectivity index (χ0) is 11.7. The van der Waals surface area contributed by atoms with E-state index in [2.05, 4.69) is 15.3 Å². The van der Waals surface area contributed by atoms with E-state index in [1.807, 2.05) is 0 Å². The van der Waals surface area contributed by atoms with Crippen LogP contribution < -0.4 is 10.9 Å². The maximum Gasteiger partial charge on any atom is 0.256 e. The molecule has 0 bridgehead atoms. The Kier molecular flexibility index (Phi) is 2.84. The van der Waals surface area contributed by atoms with Gasteiger partial charge in [-0.25, -0.2) is 4.98 Å². The van der Waals surface area contributed by atoms with Crippen molar-refractivity contribution < 1.29 is 4.74 Å². The summed E-state index contributed by atoms with van der Waals surface area (Å²) in [7, 11) is 0. The first kappa shape index (κ1) is 10.8. The molecule has 0 aliphatic carbocycles. The zero-order valence-corrected chi connectivity index (χ0v) is 9.79. The summed E-state index contributed by atoms with van der Waals surface area (Å²) < 4.78 is 5.56. The molecule has 1 saturated heterocycles. The molecule has 5 heteroatoms. The number of nitrogens with zero attached hydrogens (tertiary/aromatic N) is 1. The van der Waals surface area contributed by atoms with Crippen molar-refractivity contribution in [3.63, 3.8) is 0 Å². The monoisotopic (exact) mass is 235 g/mol. The Hall–Kier alpha value is -1.36. The van der Waals surface area contributed by atoms with Crippen molar-refractivity contribution in [2.45, 2.75) is 38.2 Å². The number of aromatic amines is 1. The predicted octanol–water partition coefficient (Wildman–Crippen LogP) is 0.849. The lowest BCUT2D eigenvalue weighted by Gasteiger charge is -2.17. The molecule has 0 radical (unpaired) electrons. The molecule has 17 heavy (non-hydrogen) atoms. The second kappa shape index (κ2) is 4.49. The minimum Gasteiger partial charge on any atom is -0.378 e. The molecule has 3 heterocycles. The molecule has 0 amide bonds. The summed E-state index contributed by atoms with van der Waals surface area (Å²) in [6, 6.07) is 0. The number of hydrogen-bond donors (Lipinski definition) is 2. The van der Waals surface area contributed by atoms with Crippen LogP contribution in [0.25, 0.3) is 0 Å². The standard InChI is InChI=1S/C12H17N3O2/c16-12-9-4-1-5-13-11(9)14-10(15-12)7-8-3-2-6-17-8/h8H,1-7H2,(H2,13,14,15,16). The van der Waals surface area contributed by atoms with Crippen LogP contribution in [0.4, 0.5) is 5.82 Å². The van der Waals surface area contributed by atoms with Crippen molar-refractivity contribution in [2.75, 3.05) is 18.5 Å². The molecule has 2 aliphatic heterocycles. The maximum atomic E-state index is 11.9. The van der Waals surface area contributed by atoms with Gasteiger partial charge in [0.05, 0.1) is 11.7 Å². The number of hydrogen-bond acceptors (Lipinski definition) is 4. The molecule has 1 unspecified atom stereocenters. The van der Waals surface area contributed by atoms with Crippen LogP contribution in [0.1, 0.15) is 30.7 Å². The lowest BCUT2D eigenvalue weighted by atomic mass is 10.1. The molecule has 2 N–H and O–H groups in total. The smallest absolute Gasteiger partial charge is 0.256 e. The summed E-state index contributed by atoms with van der Waals surface area (Å²) in [5.74, 6) is 1.52. The normalized spacial score (nSPS) is 23.2. The van der Waals surface area contributed by atoms with E-state index in [-0.39, 0.29) is 11.7 Å². The first-order valence-corrected chi connectivity index (χ1v) is 6.30. The maximum absolute atomic E-state index is 11.9. The van der Waals surface area contributed by atoms with Crippen molar-refractivity contribution >= 4 is 5.82 Å². The van der Waals surface area contributed by atoms with Gasteiger partial charge >= 0.3 is 0 Å². The molecule has 0 spiro atoms. The number of rotatable bonds is 2. The van der Waals surface area contributed by atoms with E-state index in [9.17, 15) is 4.79 Å². The van der Waals surface area contributed by atoms with Gasteiger partial charge in [0, 0.05) is 19.6 Å². The van der Waals surface area contributed by atoms with Crippen LogP contribution >= 0.6 is 0 Å². The first-order chi connectivity index (χ1) is 8.33. The molecule has 92 valence electrons. The quantitative estimate of drug-likeness (QED) is 0.797. The van der Waals surface area contributed by atoms with Crippen molar-refractivity contribution in [2.24, 2.45) is 0 Å². The fraction of sp³-hybridized carbons (Fsp3) is 0.667. The minimum absolute atomic E-state index is 0.00944. The Labute approximate surface area is 99.6 Å². The second-order valence-corrected chi connectivity index (χ2v) is 4.71. The Bertz CT molecular complexity index is 463. The molecule has 0 saturated carbocycles. The van der Waals surface area contributed by atoms with Gasteiger partial charge in [-0.15, -0.1) is 0 Å². The number of anilines is 1. The highest BCUT2D eigenvalue weighted by atomic mass is 16.5. The summed E-state index contributed by atoms with van der Waals surface area (Å²) in [5, 5.41) is 3.20. The van der Waals surface area contributed by atoms with Gasteiger partial charge < -0.3 is 15.0 Å². The SMILES string of the molecule is O=c1[nH]c(CC2CCCO2)nc2c1CCCN2. The fourth-order valence-electron chi connectivity index (χ4n) is 2.51. The third kappa shape index (κ3) is 2.20.